The average molecular weight is 328 g/mol. The number of sulfonamides is 1. The van der Waals surface area contributed by atoms with Crippen molar-refractivity contribution < 1.29 is 23.1 Å². The van der Waals surface area contributed by atoms with Crippen LogP contribution < -0.4 is 4.72 Å². The van der Waals surface area contributed by atoms with Gasteiger partial charge in [-0.3, -0.25) is 9.59 Å². The fourth-order valence-corrected chi connectivity index (χ4v) is 2.91. The molecular weight excluding hydrogens is 308 g/mol. The van der Waals surface area contributed by atoms with Gasteiger partial charge in [-0.2, -0.15) is 0 Å². The molecule has 0 aromatic heterocycles. The molecule has 0 saturated heterocycles. The van der Waals surface area contributed by atoms with Crippen LogP contribution in [0.1, 0.15) is 30.6 Å². The number of carboxylic acid groups (broad SMARTS) is 1. The SMILES string of the molecule is CCNS(=O)(=O)c1ccc(C(=O)N(CC)CCC(=O)O)cc1. The second-order valence-electron chi connectivity index (χ2n) is 4.55. The third kappa shape index (κ3) is 4.81. The number of nitrogens with one attached hydrogen (secondary N) is 1. The molecule has 0 unspecified atom stereocenters. The summed E-state index contributed by atoms with van der Waals surface area (Å²) in [5.74, 6) is -1.30. The number of nitrogens with zero attached hydrogens (tertiary/aromatic N) is 1. The maximum absolute atomic E-state index is 12.2. The minimum absolute atomic E-state index is 0.0829. The molecule has 22 heavy (non-hydrogen) atoms. The van der Waals surface area contributed by atoms with E-state index in [1.165, 1.54) is 29.2 Å². The van der Waals surface area contributed by atoms with Gasteiger partial charge in [-0.25, -0.2) is 13.1 Å². The highest BCUT2D eigenvalue weighted by Gasteiger charge is 2.17. The van der Waals surface area contributed by atoms with E-state index in [0.717, 1.165) is 0 Å². The first-order chi connectivity index (χ1) is 10.3. The first-order valence-corrected chi connectivity index (χ1v) is 8.41. The standard InChI is InChI=1S/C14H20N2O5S/c1-3-15-22(20,21)12-7-5-11(6-8-12)14(19)16(4-2)10-9-13(17)18/h5-8,15H,3-4,9-10H2,1-2H3,(H,17,18). The summed E-state index contributed by atoms with van der Waals surface area (Å²) in [7, 11) is -3.55. The lowest BCUT2D eigenvalue weighted by atomic mass is 10.2. The Morgan fingerprint density at radius 2 is 1.77 bits per heavy atom. The lowest BCUT2D eigenvalue weighted by molar-refractivity contribution is -0.137. The van der Waals surface area contributed by atoms with Gasteiger partial charge in [0.2, 0.25) is 10.0 Å². The predicted molar refractivity (Wildman–Crippen MR) is 81.1 cm³/mol. The maximum atomic E-state index is 12.2. The van der Waals surface area contributed by atoms with Gasteiger partial charge in [0, 0.05) is 25.2 Å². The highest BCUT2D eigenvalue weighted by atomic mass is 32.2. The lowest BCUT2D eigenvalue weighted by Gasteiger charge is -2.20. The number of carboxylic acids is 1. The van der Waals surface area contributed by atoms with Crippen LogP contribution in [0.2, 0.25) is 0 Å². The van der Waals surface area contributed by atoms with Gasteiger partial charge in [0.25, 0.3) is 5.91 Å². The third-order valence-electron chi connectivity index (χ3n) is 3.01. The molecule has 0 radical (unpaired) electrons. The fourth-order valence-electron chi connectivity index (χ4n) is 1.87. The maximum Gasteiger partial charge on any atom is 0.305 e. The van der Waals surface area contributed by atoms with Crippen LogP contribution in [0.3, 0.4) is 0 Å². The summed E-state index contributed by atoms with van der Waals surface area (Å²) in [6, 6.07) is 5.57. The highest BCUT2D eigenvalue weighted by molar-refractivity contribution is 7.89. The van der Waals surface area contributed by atoms with Crippen molar-refractivity contribution in [1.29, 1.82) is 0 Å². The van der Waals surface area contributed by atoms with Crippen LogP contribution in [-0.4, -0.2) is 49.9 Å². The van der Waals surface area contributed by atoms with Crippen molar-refractivity contribution in [3.63, 3.8) is 0 Å². The van der Waals surface area contributed by atoms with Gasteiger partial charge in [0.15, 0.2) is 0 Å². The monoisotopic (exact) mass is 328 g/mol. The van der Waals surface area contributed by atoms with E-state index in [1.54, 1.807) is 13.8 Å². The second kappa shape index (κ2) is 7.90. The summed E-state index contributed by atoms with van der Waals surface area (Å²) >= 11 is 0. The van der Waals surface area contributed by atoms with Gasteiger partial charge in [-0.15, -0.1) is 0 Å². The van der Waals surface area contributed by atoms with Gasteiger partial charge >= 0.3 is 5.97 Å². The first-order valence-electron chi connectivity index (χ1n) is 6.92. The second-order valence-corrected chi connectivity index (χ2v) is 6.32. The minimum Gasteiger partial charge on any atom is -0.481 e. The molecule has 1 aromatic carbocycles. The summed E-state index contributed by atoms with van der Waals surface area (Å²) in [4.78, 5) is 24.3. The van der Waals surface area contributed by atoms with Crippen LogP contribution in [0.5, 0.6) is 0 Å². The van der Waals surface area contributed by atoms with Crippen molar-refractivity contribution >= 4 is 21.9 Å². The predicted octanol–water partition coefficient (Wildman–Crippen LogP) is 0.922. The molecule has 1 amide bonds. The minimum atomic E-state index is -3.55. The number of carbonyl (C=O) groups is 2. The average Bonchev–Trinajstić information content (AvgIpc) is 2.47. The smallest absolute Gasteiger partial charge is 0.305 e. The van der Waals surface area contributed by atoms with Crippen molar-refractivity contribution in [2.45, 2.75) is 25.2 Å². The summed E-state index contributed by atoms with van der Waals surface area (Å²) in [6.07, 6.45) is -0.132. The zero-order valence-corrected chi connectivity index (χ0v) is 13.4. The van der Waals surface area contributed by atoms with E-state index in [-0.39, 0.29) is 30.3 Å². The van der Waals surface area contributed by atoms with E-state index in [4.69, 9.17) is 5.11 Å². The Morgan fingerprint density at radius 3 is 2.23 bits per heavy atom. The van der Waals surface area contributed by atoms with E-state index in [9.17, 15) is 18.0 Å². The van der Waals surface area contributed by atoms with E-state index >= 15 is 0 Å². The quantitative estimate of drug-likeness (QED) is 0.738. The van der Waals surface area contributed by atoms with Gasteiger partial charge < -0.3 is 10.0 Å². The Bertz CT molecular complexity index is 625. The number of carbonyl (C=O) groups excluding carboxylic acids is 1. The summed E-state index contributed by atoms with van der Waals surface area (Å²) in [5, 5.41) is 8.68. The lowest BCUT2D eigenvalue weighted by Crippen LogP contribution is -2.32. The van der Waals surface area contributed by atoms with E-state index in [0.29, 0.717) is 12.1 Å². The number of amides is 1. The van der Waals surface area contributed by atoms with Crippen LogP contribution in [0.15, 0.2) is 29.2 Å². The topological polar surface area (TPSA) is 104 Å². The van der Waals surface area contributed by atoms with E-state index < -0.39 is 16.0 Å². The number of hydrogen-bond acceptors (Lipinski definition) is 4. The molecule has 0 aliphatic rings. The van der Waals surface area contributed by atoms with Crippen molar-refractivity contribution in [3.8, 4) is 0 Å². The molecule has 0 atom stereocenters. The Balaban J connectivity index is 2.89. The Morgan fingerprint density at radius 1 is 1.18 bits per heavy atom. The molecule has 2 N–H and O–H groups in total. The van der Waals surface area contributed by atoms with Crippen LogP contribution >= 0.6 is 0 Å². The summed E-state index contributed by atoms with van der Waals surface area (Å²) in [6.45, 7) is 4.20. The molecule has 1 aromatic rings. The molecule has 0 aliphatic carbocycles. The van der Waals surface area contributed by atoms with Gasteiger partial charge in [-0.05, 0) is 31.2 Å². The van der Waals surface area contributed by atoms with Crippen LogP contribution in [-0.2, 0) is 14.8 Å². The zero-order valence-electron chi connectivity index (χ0n) is 12.6. The largest absolute Gasteiger partial charge is 0.481 e. The Kier molecular flexibility index (Phi) is 6.51. The van der Waals surface area contributed by atoms with Gasteiger partial charge in [-0.1, -0.05) is 6.92 Å². The molecule has 7 nitrogen and oxygen atoms in total. The molecule has 0 heterocycles. The van der Waals surface area contributed by atoms with Gasteiger partial charge in [0.05, 0.1) is 11.3 Å². The molecule has 8 heteroatoms. The summed E-state index contributed by atoms with van der Waals surface area (Å²) < 4.78 is 26.0. The van der Waals surface area contributed by atoms with Crippen molar-refractivity contribution in [2.75, 3.05) is 19.6 Å². The number of hydrogen-bond donors (Lipinski definition) is 2. The molecule has 0 aliphatic heterocycles. The third-order valence-corrected chi connectivity index (χ3v) is 4.57. The van der Waals surface area contributed by atoms with Crippen LogP contribution in [0, 0.1) is 0 Å². The van der Waals surface area contributed by atoms with Gasteiger partial charge in [0.1, 0.15) is 0 Å². The van der Waals surface area contributed by atoms with E-state index in [1.807, 2.05) is 0 Å². The number of rotatable bonds is 8. The van der Waals surface area contributed by atoms with E-state index in [2.05, 4.69) is 4.72 Å². The Labute approximate surface area is 130 Å². The molecule has 0 spiro atoms. The van der Waals surface area contributed by atoms with Crippen LogP contribution in [0.4, 0.5) is 0 Å². The summed E-state index contributed by atoms with van der Waals surface area (Å²) in [5.41, 5.74) is 0.322. The van der Waals surface area contributed by atoms with Crippen molar-refractivity contribution in [3.05, 3.63) is 29.8 Å². The molecule has 0 saturated carbocycles. The zero-order chi connectivity index (χ0) is 16.8. The molecule has 1 rings (SSSR count). The fraction of sp³-hybridized carbons (Fsp3) is 0.429. The van der Waals surface area contributed by atoms with Crippen molar-refractivity contribution in [1.82, 2.24) is 9.62 Å². The van der Waals surface area contributed by atoms with Crippen molar-refractivity contribution in [2.24, 2.45) is 0 Å². The molecule has 0 fully saturated rings. The Hall–Kier alpha value is -1.93. The molecular formula is C14H20N2O5S. The molecule has 122 valence electrons. The highest BCUT2D eigenvalue weighted by Crippen LogP contribution is 2.12. The number of aliphatic carboxylic acids is 1. The normalized spacial score (nSPS) is 11.2. The first kappa shape index (κ1) is 18.1. The molecule has 0 bridgehead atoms. The number of benzene rings is 1. The van der Waals surface area contributed by atoms with Crippen LogP contribution in [0.25, 0.3) is 0 Å².